The molecule has 4 nitrogen and oxygen atoms in total. The lowest BCUT2D eigenvalue weighted by Crippen LogP contribution is -2.36. The van der Waals surface area contributed by atoms with Gasteiger partial charge in [0, 0.05) is 22.2 Å². The second-order valence-electron chi connectivity index (χ2n) is 4.38. The van der Waals surface area contributed by atoms with Gasteiger partial charge >= 0.3 is 0 Å². The summed E-state index contributed by atoms with van der Waals surface area (Å²) in [4.78, 5) is 11.4. The van der Waals surface area contributed by atoms with Crippen molar-refractivity contribution in [2.75, 3.05) is 7.05 Å². The molecule has 7 heteroatoms. The maximum absolute atomic E-state index is 4.53. The molecule has 116 valence electrons. The summed E-state index contributed by atoms with van der Waals surface area (Å²) in [7, 11) is 1.79. The quantitative estimate of drug-likeness (QED) is 0.428. The lowest BCUT2D eigenvalue weighted by atomic mass is 10.4. The number of thiazole rings is 1. The van der Waals surface area contributed by atoms with E-state index >= 15 is 0 Å². The van der Waals surface area contributed by atoms with Crippen LogP contribution in [-0.2, 0) is 19.5 Å². The van der Waals surface area contributed by atoms with Gasteiger partial charge in [-0.25, -0.2) is 4.98 Å². The Labute approximate surface area is 151 Å². The van der Waals surface area contributed by atoms with E-state index in [1.807, 2.05) is 0 Å². The van der Waals surface area contributed by atoms with Crippen LogP contribution >= 0.6 is 46.7 Å². The average Bonchev–Trinajstić information content (AvgIpc) is 3.08. The number of nitrogens with one attached hydrogen (secondary N) is 2. The summed E-state index contributed by atoms with van der Waals surface area (Å²) in [6, 6.07) is 4.29. The summed E-state index contributed by atoms with van der Waals surface area (Å²) in [5.41, 5.74) is 1.07. The van der Waals surface area contributed by atoms with Crippen molar-refractivity contribution >= 4 is 52.6 Å². The first-order chi connectivity index (χ1) is 9.71. The third-order valence-electron chi connectivity index (χ3n) is 2.79. The van der Waals surface area contributed by atoms with Gasteiger partial charge in [0.1, 0.15) is 0 Å². The highest BCUT2D eigenvalue weighted by atomic mass is 127. The number of hydrogen-bond donors (Lipinski definition) is 2. The number of thiophene rings is 1. The third-order valence-corrected chi connectivity index (χ3v) is 4.83. The van der Waals surface area contributed by atoms with Crippen LogP contribution < -0.4 is 10.6 Å². The second-order valence-corrected chi connectivity index (χ2v) is 6.69. The van der Waals surface area contributed by atoms with Gasteiger partial charge in [0.05, 0.1) is 23.8 Å². The highest BCUT2D eigenvalue weighted by Gasteiger charge is 2.03. The molecule has 2 N–H and O–H groups in total. The molecule has 0 fully saturated rings. The Morgan fingerprint density at radius 2 is 2.05 bits per heavy atom. The number of halogens is 1. The first-order valence-corrected chi connectivity index (χ1v) is 8.34. The molecule has 2 heterocycles. The van der Waals surface area contributed by atoms with Gasteiger partial charge in [-0.1, -0.05) is 6.92 Å². The zero-order valence-electron chi connectivity index (χ0n) is 12.5. The molecule has 0 bridgehead atoms. The van der Waals surface area contributed by atoms with Crippen molar-refractivity contribution < 1.29 is 0 Å². The zero-order valence-corrected chi connectivity index (χ0v) is 16.4. The van der Waals surface area contributed by atoms with E-state index in [0.717, 1.165) is 24.6 Å². The maximum Gasteiger partial charge on any atom is 0.191 e. The Morgan fingerprint density at radius 3 is 2.62 bits per heavy atom. The molecule has 2 rings (SSSR count). The maximum atomic E-state index is 4.53. The van der Waals surface area contributed by atoms with Gasteiger partial charge in [-0.3, -0.25) is 4.99 Å². The molecule has 0 radical (unpaired) electrons. The highest BCUT2D eigenvalue weighted by Crippen LogP contribution is 2.14. The molecule has 0 unspecified atom stereocenters. The molecule has 2 aromatic heterocycles. The van der Waals surface area contributed by atoms with Gasteiger partial charge in [-0.05, 0) is 25.5 Å². The van der Waals surface area contributed by atoms with Gasteiger partial charge in [0.2, 0.25) is 0 Å². The predicted molar refractivity (Wildman–Crippen MR) is 103 cm³/mol. The van der Waals surface area contributed by atoms with Gasteiger partial charge in [-0.2, -0.15) is 0 Å². The number of aliphatic imine (C=N–C) groups is 1. The molecule has 0 aliphatic carbocycles. The summed E-state index contributed by atoms with van der Waals surface area (Å²) < 4.78 is 0. The molecule has 0 saturated heterocycles. The largest absolute Gasteiger partial charge is 0.352 e. The number of aryl methyl sites for hydroxylation is 2. The Bertz CT molecular complexity index is 577. The minimum Gasteiger partial charge on any atom is -0.352 e. The van der Waals surface area contributed by atoms with E-state index < -0.39 is 0 Å². The molecular weight excluding hydrogens is 415 g/mol. The van der Waals surface area contributed by atoms with E-state index in [-0.39, 0.29) is 24.0 Å². The van der Waals surface area contributed by atoms with Crippen molar-refractivity contribution in [1.82, 2.24) is 15.6 Å². The van der Waals surface area contributed by atoms with E-state index in [9.17, 15) is 0 Å². The number of aromatic nitrogens is 1. The van der Waals surface area contributed by atoms with Crippen LogP contribution in [0.5, 0.6) is 0 Å². The van der Waals surface area contributed by atoms with E-state index in [0.29, 0.717) is 6.54 Å². The van der Waals surface area contributed by atoms with Crippen molar-refractivity contribution in [3.63, 3.8) is 0 Å². The normalized spacial score (nSPS) is 11.1. The van der Waals surface area contributed by atoms with Crippen LogP contribution in [0.15, 0.2) is 22.5 Å². The van der Waals surface area contributed by atoms with Crippen molar-refractivity contribution in [3.8, 4) is 0 Å². The number of guanidine groups is 1. The fourth-order valence-electron chi connectivity index (χ4n) is 1.74. The van der Waals surface area contributed by atoms with Crippen LogP contribution in [-0.4, -0.2) is 18.0 Å². The zero-order chi connectivity index (χ0) is 14.4. The fraction of sp³-hybridized carbons (Fsp3) is 0.429. The summed E-state index contributed by atoms with van der Waals surface area (Å²) in [6.45, 7) is 5.75. The van der Waals surface area contributed by atoms with E-state index in [1.54, 1.807) is 29.7 Å². The molecule has 0 aliphatic heterocycles. The molecule has 0 atom stereocenters. The monoisotopic (exact) mass is 436 g/mol. The van der Waals surface area contributed by atoms with Crippen molar-refractivity contribution in [2.45, 2.75) is 33.4 Å². The van der Waals surface area contributed by atoms with Gasteiger partial charge in [0.15, 0.2) is 5.96 Å². The van der Waals surface area contributed by atoms with Crippen molar-refractivity contribution in [2.24, 2.45) is 4.99 Å². The first kappa shape index (κ1) is 18.4. The Hall–Kier alpha value is -0.670. The van der Waals surface area contributed by atoms with Crippen molar-refractivity contribution in [1.29, 1.82) is 0 Å². The number of rotatable bonds is 5. The Morgan fingerprint density at radius 1 is 1.29 bits per heavy atom. The van der Waals surface area contributed by atoms with Crippen LogP contribution in [0.1, 0.15) is 27.4 Å². The van der Waals surface area contributed by atoms with Crippen LogP contribution in [0.25, 0.3) is 0 Å². The van der Waals surface area contributed by atoms with Crippen molar-refractivity contribution in [3.05, 3.63) is 38.0 Å². The smallest absolute Gasteiger partial charge is 0.191 e. The lowest BCUT2D eigenvalue weighted by Gasteiger charge is -2.09. The van der Waals surface area contributed by atoms with E-state index in [4.69, 9.17) is 0 Å². The lowest BCUT2D eigenvalue weighted by molar-refractivity contribution is 0.800. The van der Waals surface area contributed by atoms with Gasteiger partial charge < -0.3 is 10.6 Å². The summed E-state index contributed by atoms with van der Waals surface area (Å²) in [5, 5.41) is 9.88. The van der Waals surface area contributed by atoms with Gasteiger partial charge in [-0.15, -0.1) is 46.7 Å². The second kappa shape index (κ2) is 9.37. The van der Waals surface area contributed by atoms with Crippen LogP contribution in [0.3, 0.4) is 0 Å². The van der Waals surface area contributed by atoms with Crippen LogP contribution in [0.4, 0.5) is 0 Å². The first-order valence-electron chi connectivity index (χ1n) is 6.64. The van der Waals surface area contributed by atoms with E-state index in [2.05, 4.69) is 52.0 Å². The molecule has 0 saturated carbocycles. The van der Waals surface area contributed by atoms with E-state index in [1.165, 1.54) is 14.8 Å². The van der Waals surface area contributed by atoms with Gasteiger partial charge in [0.25, 0.3) is 0 Å². The minimum atomic E-state index is 0. The summed E-state index contributed by atoms with van der Waals surface area (Å²) >= 11 is 3.52. The fourth-order valence-corrected chi connectivity index (χ4v) is 3.31. The Balaban J connectivity index is 0.00000220. The standard InChI is InChI=1S/C14H20N4S2.HI/c1-4-13-18-11(9-19-13)7-16-14(15-3)17-8-12-6-5-10(2)20-12;/h5-6,9H,4,7-8H2,1-3H3,(H2,15,16,17);1H. The molecular formula is C14H21IN4S2. The third kappa shape index (κ3) is 5.91. The predicted octanol–water partition coefficient (Wildman–Crippen LogP) is 3.56. The SMILES string of the molecule is CCc1nc(CNC(=NC)NCc2ccc(C)s2)cs1.I. The molecule has 21 heavy (non-hydrogen) atoms. The average molecular weight is 436 g/mol. The number of hydrogen-bond acceptors (Lipinski definition) is 4. The molecule has 0 aliphatic rings. The highest BCUT2D eigenvalue weighted by molar-refractivity contribution is 14.0. The molecule has 2 aromatic rings. The van der Waals surface area contributed by atoms with Crippen LogP contribution in [0.2, 0.25) is 0 Å². The molecule has 0 aromatic carbocycles. The molecule has 0 spiro atoms. The summed E-state index contributed by atoms with van der Waals surface area (Å²) in [6.07, 6.45) is 0.995. The molecule has 0 amide bonds. The summed E-state index contributed by atoms with van der Waals surface area (Å²) in [5.74, 6) is 0.808. The number of nitrogens with zero attached hydrogens (tertiary/aromatic N) is 2. The Kier molecular flexibility index (Phi) is 8.20. The topological polar surface area (TPSA) is 49.3 Å². The van der Waals surface area contributed by atoms with Crippen LogP contribution in [0, 0.1) is 6.92 Å². The minimum absolute atomic E-state index is 0.